The fourth-order valence-corrected chi connectivity index (χ4v) is 4.77. The number of hydrogen-bond acceptors (Lipinski definition) is 5. The van der Waals surface area contributed by atoms with E-state index in [1.807, 2.05) is 30.3 Å². The van der Waals surface area contributed by atoms with E-state index in [4.69, 9.17) is 4.42 Å². The van der Waals surface area contributed by atoms with Gasteiger partial charge in [0.1, 0.15) is 10.8 Å². The van der Waals surface area contributed by atoms with Crippen LogP contribution in [-0.4, -0.2) is 10.9 Å². The lowest BCUT2D eigenvalue weighted by Gasteiger charge is -2.22. The van der Waals surface area contributed by atoms with E-state index in [0.29, 0.717) is 0 Å². The zero-order valence-corrected chi connectivity index (χ0v) is 18.9. The lowest BCUT2D eigenvalue weighted by Crippen LogP contribution is -2.17. The highest BCUT2D eigenvalue weighted by Gasteiger charge is 2.25. The number of pyridine rings is 1. The maximum atomic E-state index is 12.7. The van der Waals surface area contributed by atoms with Crippen LogP contribution in [0.1, 0.15) is 38.2 Å². The number of rotatable bonds is 6. The van der Waals surface area contributed by atoms with Gasteiger partial charge in [-0.15, -0.1) is 11.3 Å². The third-order valence-corrected chi connectivity index (χ3v) is 6.46. The largest absolute Gasteiger partial charge is 0.459 e. The number of carbonyl (C=O) groups is 1. The molecule has 0 saturated carbocycles. The van der Waals surface area contributed by atoms with Gasteiger partial charge in [0.25, 0.3) is 5.91 Å². The van der Waals surface area contributed by atoms with Crippen molar-refractivity contribution in [3.8, 4) is 0 Å². The van der Waals surface area contributed by atoms with Crippen LogP contribution in [0.2, 0.25) is 0 Å². The summed E-state index contributed by atoms with van der Waals surface area (Å²) in [5.74, 6) is 0.767. The van der Waals surface area contributed by atoms with Gasteiger partial charge < -0.3 is 15.1 Å². The molecule has 0 saturated heterocycles. The number of furan rings is 1. The van der Waals surface area contributed by atoms with Crippen molar-refractivity contribution in [2.24, 2.45) is 0 Å². The standard InChI is InChI=1S/C23H20BrN3O2S/c1-14-15(2)30-23(27-22(28)18-9-6-12-29-18)20(14)21(16-7-5-8-17(24)13-16)26-19-10-3-4-11-25-19/h3-13,21H,1-2H3,(H,25,26)(H,27,28)/t21-/m1/s1. The third kappa shape index (κ3) is 4.32. The predicted molar refractivity (Wildman–Crippen MR) is 124 cm³/mol. The van der Waals surface area contributed by atoms with Crippen LogP contribution >= 0.6 is 27.3 Å². The molecular weight excluding hydrogens is 462 g/mol. The fraction of sp³-hybridized carbons (Fsp3) is 0.130. The Bertz CT molecular complexity index is 1160. The van der Waals surface area contributed by atoms with Gasteiger partial charge in [-0.1, -0.05) is 34.1 Å². The number of nitrogens with zero attached hydrogens (tertiary/aromatic N) is 1. The molecule has 1 atom stereocenters. The summed E-state index contributed by atoms with van der Waals surface area (Å²) in [4.78, 5) is 18.3. The van der Waals surface area contributed by atoms with Crippen LogP contribution in [0.5, 0.6) is 0 Å². The molecule has 0 unspecified atom stereocenters. The van der Waals surface area contributed by atoms with E-state index >= 15 is 0 Å². The summed E-state index contributed by atoms with van der Waals surface area (Å²) >= 11 is 5.13. The van der Waals surface area contributed by atoms with Gasteiger partial charge in [-0.3, -0.25) is 4.79 Å². The number of anilines is 2. The van der Waals surface area contributed by atoms with Gasteiger partial charge in [0, 0.05) is 21.1 Å². The van der Waals surface area contributed by atoms with Crippen molar-refractivity contribution in [1.82, 2.24) is 4.98 Å². The smallest absolute Gasteiger partial charge is 0.291 e. The maximum Gasteiger partial charge on any atom is 0.291 e. The molecule has 152 valence electrons. The summed E-state index contributed by atoms with van der Waals surface area (Å²) in [6.45, 7) is 4.14. The Morgan fingerprint density at radius 3 is 2.70 bits per heavy atom. The first-order chi connectivity index (χ1) is 14.5. The average Bonchev–Trinajstić information content (AvgIpc) is 3.37. The molecule has 30 heavy (non-hydrogen) atoms. The van der Waals surface area contributed by atoms with Crippen LogP contribution in [0, 0.1) is 13.8 Å². The number of hydrogen-bond donors (Lipinski definition) is 2. The number of carbonyl (C=O) groups excluding carboxylic acids is 1. The highest BCUT2D eigenvalue weighted by Crippen LogP contribution is 2.41. The monoisotopic (exact) mass is 481 g/mol. The molecular formula is C23H20BrN3O2S. The number of aryl methyl sites for hydroxylation is 1. The van der Waals surface area contributed by atoms with Gasteiger partial charge in [-0.2, -0.15) is 0 Å². The summed E-state index contributed by atoms with van der Waals surface area (Å²) in [5, 5.41) is 7.37. The van der Waals surface area contributed by atoms with Crippen molar-refractivity contribution in [3.05, 3.63) is 98.9 Å². The molecule has 2 N–H and O–H groups in total. The third-order valence-electron chi connectivity index (χ3n) is 4.83. The molecule has 7 heteroatoms. The molecule has 4 rings (SSSR count). The van der Waals surface area contributed by atoms with Crippen molar-refractivity contribution in [2.75, 3.05) is 10.6 Å². The summed E-state index contributed by atoms with van der Waals surface area (Å²) < 4.78 is 6.25. The fourth-order valence-electron chi connectivity index (χ4n) is 3.26. The summed E-state index contributed by atoms with van der Waals surface area (Å²) in [7, 11) is 0. The number of benzene rings is 1. The molecule has 3 heterocycles. The first kappa shape index (κ1) is 20.4. The van der Waals surface area contributed by atoms with E-state index in [-0.39, 0.29) is 17.7 Å². The Kier molecular flexibility index (Phi) is 6.01. The summed E-state index contributed by atoms with van der Waals surface area (Å²) in [5.41, 5.74) is 3.20. The number of nitrogens with one attached hydrogen (secondary N) is 2. The molecule has 5 nitrogen and oxygen atoms in total. The molecule has 1 aromatic carbocycles. The Hall–Kier alpha value is -2.90. The number of thiophene rings is 1. The second kappa shape index (κ2) is 8.85. The van der Waals surface area contributed by atoms with Crippen LogP contribution in [0.3, 0.4) is 0 Å². The first-order valence-electron chi connectivity index (χ1n) is 9.40. The Morgan fingerprint density at radius 1 is 1.13 bits per heavy atom. The number of aromatic nitrogens is 1. The molecule has 0 radical (unpaired) electrons. The lowest BCUT2D eigenvalue weighted by atomic mass is 9.96. The van der Waals surface area contributed by atoms with Gasteiger partial charge >= 0.3 is 0 Å². The minimum atomic E-state index is -0.270. The summed E-state index contributed by atoms with van der Waals surface area (Å²) in [6, 6.07) is 17.0. The highest BCUT2D eigenvalue weighted by molar-refractivity contribution is 9.10. The molecule has 0 spiro atoms. The van der Waals surface area contributed by atoms with Crippen LogP contribution in [-0.2, 0) is 0 Å². The molecule has 0 fully saturated rings. The normalized spacial score (nSPS) is 11.8. The minimum Gasteiger partial charge on any atom is -0.459 e. The van der Waals surface area contributed by atoms with Crippen molar-refractivity contribution in [2.45, 2.75) is 19.9 Å². The van der Waals surface area contributed by atoms with Crippen molar-refractivity contribution < 1.29 is 9.21 Å². The second-order valence-electron chi connectivity index (χ2n) is 6.80. The second-order valence-corrected chi connectivity index (χ2v) is 8.95. The molecule has 3 aromatic heterocycles. The van der Waals surface area contributed by atoms with Gasteiger partial charge in [-0.25, -0.2) is 4.98 Å². The van der Waals surface area contributed by atoms with Crippen LogP contribution in [0.25, 0.3) is 0 Å². The maximum absolute atomic E-state index is 12.7. The van der Waals surface area contributed by atoms with Gasteiger partial charge in [0.15, 0.2) is 5.76 Å². The average molecular weight is 482 g/mol. The van der Waals surface area contributed by atoms with Crippen LogP contribution < -0.4 is 10.6 Å². The predicted octanol–water partition coefficient (Wildman–Crippen LogP) is 6.57. The Balaban J connectivity index is 1.79. The van der Waals surface area contributed by atoms with Crippen LogP contribution in [0.15, 0.2) is 75.9 Å². The van der Waals surface area contributed by atoms with E-state index < -0.39 is 0 Å². The van der Waals surface area contributed by atoms with E-state index in [1.165, 1.54) is 6.26 Å². The van der Waals surface area contributed by atoms with E-state index in [2.05, 4.69) is 57.5 Å². The molecule has 0 aliphatic carbocycles. The van der Waals surface area contributed by atoms with Gasteiger partial charge in [0.05, 0.1) is 12.3 Å². The SMILES string of the molecule is Cc1sc(NC(=O)c2ccco2)c([C@H](Nc2ccccn2)c2cccc(Br)c2)c1C. The van der Waals surface area contributed by atoms with E-state index in [9.17, 15) is 4.79 Å². The van der Waals surface area contributed by atoms with E-state index in [1.54, 1.807) is 29.7 Å². The van der Waals surface area contributed by atoms with Gasteiger partial charge in [0.2, 0.25) is 0 Å². The van der Waals surface area contributed by atoms with Crippen molar-refractivity contribution in [3.63, 3.8) is 0 Å². The van der Waals surface area contributed by atoms with Crippen LogP contribution in [0.4, 0.5) is 10.8 Å². The highest BCUT2D eigenvalue weighted by atomic mass is 79.9. The topological polar surface area (TPSA) is 67.2 Å². The Labute approximate surface area is 187 Å². The Morgan fingerprint density at radius 2 is 2.00 bits per heavy atom. The first-order valence-corrected chi connectivity index (χ1v) is 11.0. The molecule has 0 aliphatic rings. The van der Waals surface area contributed by atoms with Gasteiger partial charge in [-0.05, 0) is 61.4 Å². The molecule has 1 amide bonds. The number of amides is 1. The lowest BCUT2D eigenvalue weighted by molar-refractivity contribution is 0.0997. The minimum absolute atomic E-state index is 0.200. The van der Waals surface area contributed by atoms with Crippen molar-refractivity contribution in [1.29, 1.82) is 0 Å². The zero-order valence-electron chi connectivity index (χ0n) is 16.5. The quantitative estimate of drug-likeness (QED) is 0.326. The molecule has 4 aromatic rings. The summed E-state index contributed by atoms with van der Waals surface area (Å²) in [6.07, 6.45) is 3.25. The van der Waals surface area contributed by atoms with Crippen molar-refractivity contribution >= 4 is 44.0 Å². The zero-order chi connectivity index (χ0) is 21.1. The molecule has 0 bridgehead atoms. The van der Waals surface area contributed by atoms with E-state index in [0.717, 1.165) is 36.9 Å². The molecule has 0 aliphatic heterocycles. The number of halogens is 1.